The zero-order valence-corrected chi connectivity index (χ0v) is 13.1. The molecule has 2 aromatic rings. The van der Waals surface area contributed by atoms with Crippen molar-refractivity contribution in [3.05, 3.63) is 57.5 Å². The summed E-state index contributed by atoms with van der Waals surface area (Å²) in [6, 6.07) is 9.63. The molecular weight excluding hydrogens is 292 g/mol. The summed E-state index contributed by atoms with van der Waals surface area (Å²) in [4.78, 5) is 30.3. The molecule has 1 aromatic heterocycles. The molecular formula is C17H20N4O2. The lowest BCUT2D eigenvalue weighted by Crippen LogP contribution is -2.34. The molecule has 3 rings (SSSR count). The van der Waals surface area contributed by atoms with Crippen molar-refractivity contribution in [1.29, 1.82) is 0 Å². The van der Waals surface area contributed by atoms with Crippen LogP contribution < -0.4 is 16.2 Å². The number of H-pyrrole nitrogens is 1. The van der Waals surface area contributed by atoms with E-state index in [4.69, 9.17) is 0 Å². The Morgan fingerprint density at radius 3 is 2.61 bits per heavy atom. The first-order chi connectivity index (χ1) is 11.1. The third-order valence-corrected chi connectivity index (χ3v) is 4.01. The number of carbonyl (C=O) groups is 1. The summed E-state index contributed by atoms with van der Waals surface area (Å²) < 4.78 is 0. The zero-order valence-electron chi connectivity index (χ0n) is 13.1. The van der Waals surface area contributed by atoms with Crippen LogP contribution in [0, 0.1) is 12.8 Å². The van der Waals surface area contributed by atoms with Crippen LogP contribution in [0.3, 0.4) is 0 Å². The number of anilines is 1. The van der Waals surface area contributed by atoms with Gasteiger partial charge in [0.2, 0.25) is 11.9 Å². The van der Waals surface area contributed by atoms with Gasteiger partial charge in [-0.1, -0.05) is 24.3 Å². The molecule has 1 aromatic carbocycles. The number of aromatic nitrogens is 2. The van der Waals surface area contributed by atoms with Gasteiger partial charge in [-0.05, 0) is 30.9 Å². The maximum Gasteiger partial charge on any atom is 0.252 e. The molecule has 0 bridgehead atoms. The van der Waals surface area contributed by atoms with E-state index in [-0.39, 0.29) is 17.4 Å². The summed E-state index contributed by atoms with van der Waals surface area (Å²) in [6.45, 7) is 2.76. The van der Waals surface area contributed by atoms with Crippen LogP contribution in [0.25, 0.3) is 0 Å². The number of nitrogens with zero attached hydrogens (tertiary/aromatic N) is 1. The van der Waals surface area contributed by atoms with Crippen molar-refractivity contribution in [1.82, 2.24) is 15.3 Å². The van der Waals surface area contributed by atoms with Crippen molar-refractivity contribution in [3.63, 3.8) is 0 Å². The quantitative estimate of drug-likeness (QED) is 0.720. The van der Waals surface area contributed by atoms with Crippen LogP contribution in [0.1, 0.15) is 16.8 Å². The maximum atomic E-state index is 12.2. The lowest BCUT2D eigenvalue weighted by molar-refractivity contribution is -0.124. The molecule has 6 nitrogen and oxygen atoms in total. The number of rotatable bonds is 5. The normalized spacial score (nSPS) is 13.6. The molecule has 0 spiro atoms. The predicted octanol–water partition coefficient (Wildman–Crippen LogP) is 1.02. The number of hydrogen-bond donors (Lipinski definition) is 3. The Hall–Kier alpha value is -2.63. The number of carbonyl (C=O) groups excluding carboxylic acids is 1. The summed E-state index contributed by atoms with van der Waals surface area (Å²) in [5, 5.41) is 5.95. The Labute approximate surface area is 134 Å². The molecule has 0 radical (unpaired) electrons. The van der Waals surface area contributed by atoms with Gasteiger partial charge in [0.1, 0.15) is 0 Å². The van der Waals surface area contributed by atoms with Crippen LogP contribution in [-0.4, -0.2) is 29.0 Å². The number of fused-ring (bicyclic) bond motifs is 1. The van der Waals surface area contributed by atoms with E-state index in [1.54, 1.807) is 6.92 Å². The third kappa shape index (κ3) is 3.77. The molecule has 1 heterocycles. The second-order valence-electron chi connectivity index (χ2n) is 5.83. The zero-order chi connectivity index (χ0) is 16.2. The van der Waals surface area contributed by atoms with E-state index in [0.29, 0.717) is 24.7 Å². The first kappa shape index (κ1) is 15.3. The van der Waals surface area contributed by atoms with Crippen LogP contribution in [0.5, 0.6) is 0 Å². The second kappa shape index (κ2) is 6.64. The summed E-state index contributed by atoms with van der Waals surface area (Å²) in [6.07, 6.45) is 1.62. The van der Waals surface area contributed by atoms with Crippen LogP contribution in [0.4, 0.5) is 5.95 Å². The van der Waals surface area contributed by atoms with E-state index in [0.717, 1.165) is 12.8 Å². The van der Waals surface area contributed by atoms with Gasteiger partial charge in [0, 0.05) is 30.8 Å². The number of benzene rings is 1. The van der Waals surface area contributed by atoms with E-state index in [2.05, 4.69) is 32.7 Å². The van der Waals surface area contributed by atoms with Gasteiger partial charge in [-0.3, -0.25) is 14.6 Å². The van der Waals surface area contributed by atoms with Gasteiger partial charge in [0.05, 0.1) is 0 Å². The molecule has 6 heteroatoms. The van der Waals surface area contributed by atoms with E-state index >= 15 is 0 Å². The Balaban J connectivity index is 1.44. The van der Waals surface area contributed by atoms with Gasteiger partial charge >= 0.3 is 0 Å². The molecule has 0 unspecified atom stereocenters. The largest absolute Gasteiger partial charge is 0.354 e. The Bertz CT molecular complexity index is 744. The van der Waals surface area contributed by atoms with Crippen LogP contribution in [-0.2, 0) is 17.6 Å². The molecule has 1 aliphatic carbocycles. The predicted molar refractivity (Wildman–Crippen MR) is 88.4 cm³/mol. The third-order valence-electron chi connectivity index (χ3n) is 4.01. The highest BCUT2D eigenvalue weighted by molar-refractivity contribution is 5.80. The monoisotopic (exact) mass is 312 g/mol. The average Bonchev–Trinajstić information content (AvgIpc) is 2.94. The van der Waals surface area contributed by atoms with Gasteiger partial charge in [-0.15, -0.1) is 0 Å². The van der Waals surface area contributed by atoms with Crippen molar-refractivity contribution in [2.45, 2.75) is 19.8 Å². The van der Waals surface area contributed by atoms with Crippen molar-refractivity contribution in [2.24, 2.45) is 5.92 Å². The fourth-order valence-electron chi connectivity index (χ4n) is 2.92. The van der Waals surface area contributed by atoms with Crippen molar-refractivity contribution >= 4 is 11.9 Å². The van der Waals surface area contributed by atoms with E-state index < -0.39 is 0 Å². The molecule has 0 saturated carbocycles. The number of hydrogen-bond acceptors (Lipinski definition) is 4. The smallest absolute Gasteiger partial charge is 0.252 e. The average molecular weight is 312 g/mol. The Morgan fingerprint density at radius 1 is 1.26 bits per heavy atom. The lowest BCUT2D eigenvalue weighted by Gasteiger charge is -2.11. The van der Waals surface area contributed by atoms with Crippen LogP contribution in [0.2, 0.25) is 0 Å². The molecule has 0 saturated heterocycles. The fraction of sp³-hybridized carbons (Fsp3) is 0.353. The van der Waals surface area contributed by atoms with Crippen LogP contribution >= 0.6 is 0 Å². The summed E-state index contributed by atoms with van der Waals surface area (Å²) in [7, 11) is 0. The van der Waals surface area contributed by atoms with Gasteiger partial charge in [-0.2, -0.15) is 0 Å². The van der Waals surface area contributed by atoms with E-state index in [1.807, 2.05) is 12.1 Å². The topological polar surface area (TPSA) is 86.9 Å². The highest BCUT2D eigenvalue weighted by atomic mass is 16.2. The molecule has 0 atom stereocenters. The van der Waals surface area contributed by atoms with Crippen LogP contribution in [0.15, 0.2) is 35.1 Å². The SMILES string of the molecule is Cc1cc(=O)[nH]c(NCCNC(=O)C2Cc3ccccc3C2)n1. The fourth-order valence-corrected chi connectivity index (χ4v) is 2.92. The molecule has 120 valence electrons. The summed E-state index contributed by atoms with van der Waals surface area (Å²) >= 11 is 0. The maximum absolute atomic E-state index is 12.2. The molecule has 3 N–H and O–H groups in total. The highest BCUT2D eigenvalue weighted by Crippen LogP contribution is 2.26. The van der Waals surface area contributed by atoms with E-state index in [9.17, 15) is 9.59 Å². The number of aromatic amines is 1. The molecule has 0 aliphatic heterocycles. The van der Waals surface area contributed by atoms with Crippen molar-refractivity contribution in [3.8, 4) is 0 Å². The second-order valence-corrected chi connectivity index (χ2v) is 5.83. The van der Waals surface area contributed by atoms with Crippen molar-refractivity contribution < 1.29 is 4.79 Å². The lowest BCUT2D eigenvalue weighted by atomic mass is 10.1. The minimum Gasteiger partial charge on any atom is -0.354 e. The van der Waals surface area contributed by atoms with Crippen molar-refractivity contribution in [2.75, 3.05) is 18.4 Å². The molecule has 0 fully saturated rings. The standard InChI is InChI=1S/C17H20N4O2/c1-11-8-15(22)21-17(20-11)19-7-6-18-16(23)14-9-12-4-2-3-5-13(12)10-14/h2-5,8,14H,6-7,9-10H2,1H3,(H,18,23)(H2,19,20,21,22). The first-order valence-corrected chi connectivity index (χ1v) is 7.78. The van der Waals surface area contributed by atoms with Gasteiger partial charge in [0.15, 0.2) is 0 Å². The summed E-state index contributed by atoms with van der Waals surface area (Å²) in [5.41, 5.74) is 3.01. The molecule has 1 aliphatic rings. The number of amides is 1. The number of nitrogens with one attached hydrogen (secondary N) is 3. The first-order valence-electron chi connectivity index (χ1n) is 7.78. The molecule has 1 amide bonds. The Morgan fingerprint density at radius 2 is 1.96 bits per heavy atom. The molecule has 23 heavy (non-hydrogen) atoms. The van der Waals surface area contributed by atoms with Gasteiger partial charge < -0.3 is 10.6 Å². The Kier molecular flexibility index (Phi) is 4.41. The minimum absolute atomic E-state index is 0.0179. The summed E-state index contributed by atoms with van der Waals surface area (Å²) in [5.74, 6) is 0.524. The number of aryl methyl sites for hydroxylation is 1. The highest BCUT2D eigenvalue weighted by Gasteiger charge is 2.26. The van der Waals surface area contributed by atoms with Gasteiger partial charge in [-0.25, -0.2) is 4.98 Å². The minimum atomic E-state index is -0.187. The van der Waals surface area contributed by atoms with Gasteiger partial charge in [0.25, 0.3) is 5.56 Å². The van der Waals surface area contributed by atoms with E-state index in [1.165, 1.54) is 17.2 Å².